The van der Waals surface area contributed by atoms with Crippen LogP contribution in [0.4, 0.5) is 0 Å². The molecule has 1 aliphatic carbocycles. The molecule has 1 aromatic carbocycles. The van der Waals surface area contributed by atoms with Crippen molar-refractivity contribution in [2.75, 3.05) is 26.2 Å². The lowest BCUT2D eigenvalue weighted by Gasteiger charge is -2.17. The molecular formula is C20H25BrN4O2. The molecule has 0 atom stereocenters. The zero-order valence-corrected chi connectivity index (χ0v) is 17.0. The Morgan fingerprint density at radius 3 is 2.59 bits per heavy atom. The van der Waals surface area contributed by atoms with Gasteiger partial charge in [0.1, 0.15) is 0 Å². The molecule has 0 unspecified atom stereocenters. The molecule has 27 heavy (non-hydrogen) atoms. The van der Waals surface area contributed by atoms with E-state index in [0.29, 0.717) is 18.8 Å². The van der Waals surface area contributed by atoms with Gasteiger partial charge in [0.15, 0.2) is 11.7 Å². The van der Waals surface area contributed by atoms with Gasteiger partial charge in [0.25, 0.3) is 5.91 Å². The van der Waals surface area contributed by atoms with Gasteiger partial charge >= 0.3 is 0 Å². The van der Waals surface area contributed by atoms with Crippen LogP contribution in [-0.4, -0.2) is 38.0 Å². The maximum atomic E-state index is 11.8. The summed E-state index contributed by atoms with van der Waals surface area (Å²) in [6.07, 6.45) is 3.79. The fraction of sp³-hybridized carbons (Fsp3) is 0.400. The highest BCUT2D eigenvalue weighted by molar-refractivity contribution is 9.10. The first kappa shape index (κ1) is 19.5. The molecule has 7 heteroatoms. The van der Waals surface area contributed by atoms with E-state index in [0.717, 1.165) is 36.4 Å². The van der Waals surface area contributed by atoms with Crippen LogP contribution in [0.5, 0.6) is 0 Å². The maximum absolute atomic E-state index is 11.8. The number of carbonyl (C=O) groups is 1. The van der Waals surface area contributed by atoms with E-state index in [4.69, 9.17) is 9.41 Å². The molecule has 1 saturated carbocycles. The van der Waals surface area contributed by atoms with Crippen molar-refractivity contribution in [3.8, 4) is 0 Å². The summed E-state index contributed by atoms with van der Waals surface area (Å²) in [6.45, 7) is 4.63. The number of aliphatic imine (C=N–C) groups is 1. The predicted molar refractivity (Wildman–Crippen MR) is 110 cm³/mol. The fourth-order valence-corrected chi connectivity index (χ4v) is 3.68. The summed E-state index contributed by atoms with van der Waals surface area (Å²) in [5.41, 5.74) is 1.46. The van der Waals surface area contributed by atoms with Gasteiger partial charge in [-0.3, -0.25) is 9.79 Å². The van der Waals surface area contributed by atoms with Crippen molar-refractivity contribution >= 4 is 27.8 Å². The molecule has 0 radical (unpaired) electrons. The van der Waals surface area contributed by atoms with E-state index >= 15 is 0 Å². The van der Waals surface area contributed by atoms with Crippen molar-refractivity contribution in [1.82, 2.24) is 16.0 Å². The standard InChI is InChI=1S/C20H25BrN4O2/c1-2-22-19(24-12-11-23-18(26)17-8-5-13-27-17)25-14-20(9-10-20)15-6-3-4-7-16(15)21/h3-8,13H,2,9-12,14H2,1H3,(H,23,26)(H2,22,24,25). The number of guanidine groups is 1. The molecule has 144 valence electrons. The SMILES string of the molecule is CCNC(=NCC1(c2ccccc2Br)CC1)NCCNC(=O)c1ccco1. The number of hydrogen-bond acceptors (Lipinski definition) is 3. The largest absolute Gasteiger partial charge is 0.459 e. The zero-order chi connectivity index (χ0) is 19.1. The Hall–Kier alpha value is -2.28. The third-order valence-corrected chi connectivity index (χ3v) is 5.32. The van der Waals surface area contributed by atoms with Crippen molar-refractivity contribution < 1.29 is 9.21 Å². The number of benzene rings is 1. The van der Waals surface area contributed by atoms with Crippen LogP contribution >= 0.6 is 15.9 Å². The molecular weight excluding hydrogens is 408 g/mol. The van der Waals surface area contributed by atoms with E-state index in [1.807, 2.05) is 13.0 Å². The number of rotatable bonds is 8. The van der Waals surface area contributed by atoms with Crippen molar-refractivity contribution in [3.63, 3.8) is 0 Å². The van der Waals surface area contributed by atoms with Gasteiger partial charge in [0, 0.05) is 29.5 Å². The summed E-state index contributed by atoms with van der Waals surface area (Å²) in [7, 11) is 0. The van der Waals surface area contributed by atoms with Crippen LogP contribution in [0, 0.1) is 0 Å². The van der Waals surface area contributed by atoms with Crippen molar-refractivity contribution in [2.24, 2.45) is 4.99 Å². The van der Waals surface area contributed by atoms with Crippen LogP contribution in [-0.2, 0) is 5.41 Å². The zero-order valence-electron chi connectivity index (χ0n) is 15.4. The Morgan fingerprint density at radius 1 is 1.15 bits per heavy atom. The van der Waals surface area contributed by atoms with E-state index in [9.17, 15) is 4.79 Å². The second-order valence-corrected chi connectivity index (χ2v) is 7.47. The molecule has 3 N–H and O–H groups in total. The summed E-state index contributed by atoms with van der Waals surface area (Å²) in [6, 6.07) is 11.7. The molecule has 1 aromatic heterocycles. The Kier molecular flexibility index (Phi) is 6.55. The number of furan rings is 1. The lowest BCUT2D eigenvalue weighted by atomic mass is 9.96. The molecule has 0 saturated heterocycles. The molecule has 0 aliphatic heterocycles. The number of amides is 1. The van der Waals surface area contributed by atoms with Gasteiger partial charge in [-0.15, -0.1) is 0 Å². The van der Waals surface area contributed by atoms with Gasteiger partial charge in [-0.05, 0) is 43.5 Å². The molecule has 1 fully saturated rings. The second-order valence-electron chi connectivity index (χ2n) is 6.62. The third kappa shape index (κ3) is 5.13. The van der Waals surface area contributed by atoms with Crippen LogP contribution in [0.3, 0.4) is 0 Å². The monoisotopic (exact) mass is 432 g/mol. The van der Waals surface area contributed by atoms with E-state index < -0.39 is 0 Å². The Bertz CT molecular complexity index is 785. The quantitative estimate of drug-likeness (QED) is 0.340. The van der Waals surface area contributed by atoms with Crippen LogP contribution in [0.2, 0.25) is 0 Å². The Morgan fingerprint density at radius 2 is 1.93 bits per heavy atom. The third-order valence-electron chi connectivity index (χ3n) is 4.63. The number of nitrogens with one attached hydrogen (secondary N) is 3. The van der Waals surface area contributed by atoms with Crippen LogP contribution < -0.4 is 16.0 Å². The first-order valence-corrected chi connectivity index (χ1v) is 10.0. The number of nitrogens with zero attached hydrogens (tertiary/aromatic N) is 1. The van der Waals surface area contributed by atoms with Gasteiger partial charge in [-0.1, -0.05) is 34.1 Å². The molecule has 0 spiro atoms. The molecule has 6 nitrogen and oxygen atoms in total. The highest BCUT2D eigenvalue weighted by atomic mass is 79.9. The van der Waals surface area contributed by atoms with Gasteiger partial charge in [0.2, 0.25) is 0 Å². The minimum Gasteiger partial charge on any atom is -0.459 e. The molecule has 0 bridgehead atoms. The van der Waals surface area contributed by atoms with Crippen LogP contribution in [0.25, 0.3) is 0 Å². The minimum absolute atomic E-state index is 0.135. The van der Waals surface area contributed by atoms with E-state index in [1.165, 1.54) is 11.8 Å². The summed E-state index contributed by atoms with van der Waals surface area (Å²) in [5.74, 6) is 0.873. The molecule has 1 amide bonds. The topological polar surface area (TPSA) is 78.7 Å². The van der Waals surface area contributed by atoms with Gasteiger partial charge in [-0.25, -0.2) is 0 Å². The smallest absolute Gasteiger partial charge is 0.287 e. The highest BCUT2D eigenvalue weighted by Gasteiger charge is 2.45. The summed E-state index contributed by atoms with van der Waals surface area (Å²) in [5, 5.41) is 9.35. The van der Waals surface area contributed by atoms with E-state index in [1.54, 1.807) is 12.1 Å². The average Bonchev–Trinajstić information content (AvgIpc) is 3.25. The Balaban J connectivity index is 1.51. The van der Waals surface area contributed by atoms with Crippen LogP contribution in [0.15, 0.2) is 56.5 Å². The van der Waals surface area contributed by atoms with E-state index in [-0.39, 0.29) is 11.3 Å². The molecule has 3 rings (SSSR count). The first-order valence-electron chi connectivity index (χ1n) is 9.23. The lowest BCUT2D eigenvalue weighted by molar-refractivity contribution is 0.0926. The maximum Gasteiger partial charge on any atom is 0.287 e. The lowest BCUT2D eigenvalue weighted by Crippen LogP contribution is -2.42. The highest BCUT2D eigenvalue weighted by Crippen LogP contribution is 2.50. The summed E-state index contributed by atoms with van der Waals surface area (Å²) < 4.78 is 6.22. The van der Waals surface area contributed by atoms with Crippen molar-refractivity contribution in [1.29, 1.82) is 0 Å². The summed E-state index contributed by atoms with van der Waals surface area (Å²) in [4.78, 5) is 16.6. The Labute approximate surface area is 168 Å². The van der Waals surface area contributed by atoms with Crippen molar-refractivity contribution in [3.05, 3.63) is 58.5 Å². The van der Waals surface area contributed by atoms with Crippen molar-refractivity contribution in [2.45, 2.75) is 25.2 Å². The number of hydrogen-bond donors (Lipinski definition) is 3. The first-order chi connectivity index (χ1) is 13.1. The average molecular weight is 433 g/mol. The van der Waals surface area contributed by atoms with E-state index in [2.05, 4.69) is 50.1 Å². The molecule has 2 aromatic rings. The number of halogens is 1. The predicted octanol–water partition coefficient (Wildman–Crippen LogP) is 3.06. The number of carbonyl (C=O) groups excluding carboxylic acids is 1. The van der Waals surface area contributed by atoms with Gasteiger partial charge in [-0.2, -0.15) is 0 Å². The van der Waals surface area contributed by atoms with Gasteiger partial charge in [0.05, 0.1) is 12.8 Å². The second kappa shape index (κ2) is 9.08. The normalized spacial score (nSPS) is 15.3. The minimum atomic E-state index is -0.213. The molecule has 1 heterocycles. The molecule has 1 aliphatic rings. The summed E-state index contributed by atoms with van der Waals surface area (Å²) >= 11 is 3.66. The van der Waals surface area contributed by atoms with Crippen LogP contribution in [0.1, 0.15) is 35.9 Å². The van der Waals surface area contributed by atoms with Gasteiger partial charge < -0.3 is 20.4 Å². The fourth-order valence-electron chi connectivity index (χ4n) is 2.98.